The zero-order valence-corrected chi connectivity index (χ0v) is 11.4. The van der Waals surface area contributed by atoms with E-state index in [1.807, 2.05) is 24.3 Å². The van der Waals surface area contributed by atoms with E-state index >= 15 is 0 Å². The highest BCUT2D eigenvalue weighted by atomic mass is 16.6. The van der Waals surface area contributed by atoms with E-state index in [4.69, 9.17) is 9.57 Å². The van der Waals surface area contributed by atoms with Crippen molar-refractivity contribution in [3.8, 4) is 5.75 Å². The maximum absolute atomic E-state index is 11.3. The first-order valence-electron chi connectivity index (χ1n) is 6.32. The van der Waals surface area contributed by atoms with Gasteiger partial charge in [0.2, 0.25) is 0 Å². The third-order valence-electron chi connectivity index (χ3n) is 2.46. The second kappa shape index (κ2) is 8.97. The number of carbonyl (C=O) groups excluding carboxylic acids is 1. The molecule has 0 saturated heterocycles. The van der Waals surface area contributed by atoms with Crippen LogP contribution >= 0.6 is 0 Å². The van der Waals surface area contributed by atoms with Crippen LogP contribution in [0.1, 0.15) is 25.3 Å². The smallest absolute Gasteiger partial charge is 0.265 e. The van der Waals surface area contributed by atoms with Crippen molar-refractivity contribution in [2.24, 2.45) is 5.16 Å². The van der Waals surface area contributed by atoms with Gasteiger partial charge < -0.3 is 14.9 Å². The minimum Gasteiger partial charge on any atom is -0.497 e. The summed E-state index contributed by atoms with van der Waals surface area (Å²) in [5.74, 6) is 0.561. The van der Waals surface area contributed by atoms with Gasteiger partial charge in [0, 0.05) is 6.54 Å². The SMILES string of the molecule is CCCCNC(=O)/C=N/OCc1ccc(OC)cc1. The monoisotopic (exact) mass is 264 g/mol. The Labute approximate surface area is 113 Å². The van der Waals surface area contributed by atoms with Gasteiger partial charge in [-0.3, -0.25) is 4.79 Å². The van der Waals surface area contributed by atoms with Crippen LogP contribution in [0.2, 0.25) is 0 Å². The first-order valence-corrected chi connectivity index (χ1v) is 6.32. The second-order valence-corrected chi connectivity index (χ2v) is 4.00. The molecule has 0 spiro atoms. The molecule has 1 aromatic carbocycles. The average Bonchev–Trinajstić information content (AvgIpc) is 2.44. The molecule has 0 heterocycles. The van der Waals surface area contributed by atoms with E-state index in [2.05, 4.69) is 17.4 Å². The van der Waals surface area contributed by atoms with Crippen LogP contribution in [-0.2, 0) is 16.2 Å². The molecular formula is C14H20N2O3. The zero-order chi connectivity index (χ0) is 13.9. The van der Waals surface area contributed by atoms with Crippen LogP contribution in [-0.4, -0.2) is 25.8 Å². The molecule has 0 aliphatic carbocycles. The Bertz CT molecular complexity index is 402. The first-order chi connectivity index (χ1) is 9.26. The van der Waals surface area contributed by atoms with Gasteiger partial charge in [0.25, 0.3) is 5.91 Å². The molecule has 104 valence electrons. The molecule has 0 unspecified atom stereocenters. The molecule has 0 radical (unpaired) electrons. The van der Waals surface area contributed by atoms with E-state index in [0.717, 1.165) is 30.4 Å². The Balaban J connectivity index is 2.23. The standard InChI is InChI=1S/C14H20N2O3/c1-3-4-9-15-14(17)10-16-19-11-12-5-7-13(18-2)8-6-12/h5-8,10H,3-4,9,11H2,1-2H3,(H,15,17)/b16-10+. The normalized spacial score (nSPS) is 10.4. The lowest BCUT2D eigenvalue weighted by atomic mass is 10.2. The maximum atomic E-state index is 11.3. The van der Waals surface area contributed by atoms with E-state index < -0.39 is 0 Å². The minimum absolute atomic E-state index is 0.233. The Morgan fingerprint density at radius 2 is 2.11 bits per heavy atom. The van der Waals surface area contributed by atoms with Gasteiger partial charge in [-0.15, -0.1) is 0 Å². The van der Waals surface area contributed by atoms with Gasteiger partial charge in [-0.05, 0) is 24.1 Å². The molecule has 1 N–H and O–H groups in total. The lowest BCUT2D eigenvalue weighted by Gasteiger charge is -2.02. The molecule has 0 saturated carbocycles. The Kier molecular flexibility index (Phi) is 7.09. The molecule has 0 atom stereocenters. The second-order valence-electron chi connectivity index (χ2n) is 4.00. The third-order valence-corrected chi connectivity index (χ3v) is 2.46. The molecule has 0 fully saturated rings. The highest BCUT2D eigenvalue weighted by Gasteiger charge is 1.96. The zero-order valence-electron chi connectivity index (χ0n) is 11.4. The van der Waals surface area contributed by atoms with Crippen LogP contribution in [0, 0.1) is 0 Å². The molecule has 5 heteroatoms. The lowest BCUT2D eigenvalue weighted by molar-refractivity contribution is -0.114. The third kappa shape index (κ3) is 6.45. The van der Waals surface area contributed by atoms with Crippen molar-refractivity contribution in [1.29, 1.82) is 0 Å². The molecule has 1 rings (SSSR count). The number of rotatable bonds is 8. The Morgan fingerprint density at radius 1 is 1.37 bits per heavy atom. The molecule has 0 bridgehead atoms. The summed E-state index contributed by atoms with van der Waals surface area (Å²) in [6, 6.07) is 7.46. The van der Waals surface area contributed by atoms with Crippen molar-refractivity contribution in [1.82, 2.24) is 5.32 Å². The number of hydrogen-bond acceptors (Lipinski definition) is 4. The van der Waals surface area contributed by atoms with Gasteiger partial charge in [0.15, 0.2) is 0 Å². The molecule has 5 nitrogen and oxygen atoms in total. The fourth-order valence-electron chi connectivity index (χ4n) is 1.35. The van der Waals surface area contributed by atoms with Crippen LogP contribution < -0.4 is 10.1 Å². The summed E-state index contributed by atoms with van der Waals surface area (Å²) in [6.07, 6.45) is 3.16. The minimum atomic E-state index is -0.233. The molecular weight excluding hydrogens is 244 g/mol. The van der Waals surface area contributed by atoms with Crippen molar-refractivity contribution in [3.63, 3.8) is 0 Å². The first kappa shape index (κ1) is 15.0. The van der Waals surface area contributed by atoms with Gasteiger partial charge in [0.1, 0.15) is 18.6 Å². The summed E-state index contributed by atoms with van der Waals surface area (Å²) in [5.41, 5.74) is 0.962. The van der Waals surface area contributed by atoms with Crippen molar-refractivity contribution in [2.45, 2.75) is 26.4 Å². The Morgan fingerprint density at radius 3 is 2.74 bits per heavy atom. The highest BCUT2D eigenvalue weighted by Crippen LogP contribution is 2.11. The van der Waals surface area contributed by atoms with E-state index in [9.17, 15) is 4.79 Å². The number of nitrogens with zero attached hydrogens (tertiary/aromatic N) is 1. The predicted molar refractivity (Wildman–Crippen MR) is 74.2 cm³/mol. The molecule has 1 amide bonds. The summed E-state index contributed by atoms with van der Waals surface area (Å²) < 4.78 is 5.05. The quantitative estimate of drug-likeness (QED) is 0.444. The van der Waals surface area contributed by atoms with Crippen molar-refractivity contribution >= 4 is 12.1 Å². The summed E-state index contributed by atoms with van der Waals surface area (Å²) >= 11 is 0. The van der Waals surface area contributed by atoms with Gasteiger partial charge >= 0.3 is 0 Å². The highest BCUT2D eigenvalue weighted by molar-refractivity contribution is 6.26. The number of oxime groups is 1. The number of ether oxygens (including phenoxy) is 1. The molecule has 0 aliphatic rings. The average molecular weight is 264 g/mol. The van der Waals surface area contributed by atoms with E-state index in [1.165, 1.54) is 0 Å². The largest absolute Gasteiger partial charge is 0.497 e. The molecule has 0 aromatic heterocycles. The number of nitrogens with one attached hydrogen (secondary N) is 1. The number of amides is 1. The van der Waals surface area contributed by atoms with Crippen LogP contribution in [0.25, 0.3) is 0 Å². The lowest BCUT2D eigenvalue weighted by Crippen LogP contribution is -2.25. The van der Waals surface area contributed by atoms with Crippen LogP contribution in [0.5, 0.6) is 5.75 Å². The number of carbonyl (C=O) groups is 1. The number of hydrogen-bond donors (Lipinski definition) is 1. The topological polar surface area (TPSA) is 59.9 Å². The summed E-state index contributed by atoms with van der Waals surface area (Å²) in [6.45, 7) is 3.06. The van der Waals surface area contributed by atoms with Gasteiger partial charge in [-0.25, -0.2) is 0 Å². The van der Waals surface area contributed by atoms with Crippen molar-refractivity contribution < 1.29 is 14.4 Å². The van der Waals surface area contributed by atoms with Crippen LogP contribution in [0.4, 0.5) is 0 Å². The summed E-state index contributed by atoms with van der Waals surface area (Å²) in [4.78, 5) is 16.3. The van der Waals surface area contributed by atoms with Gasteiger partial charge in [0.05, 0.1) is 7.11 Å². The predicted octanol–water partition coefficient (Wildman–Crippen LogP) is 2.11. The molecule has 19 heavy (non-hydrogen) atoms. The molecule has 1 aromatic rings. The van der Waals surface area contributed by atoms with Crippen LogP contribution in [0.15, 0.2) is 29.4 Å². The fraction of sp³-hybridized carbons (Fsp3) is 0.429. The summed E-state index contributed by atoms with van der Waals surface area (Å²) in [5, 5.41) is 6.33. The summed E-state index contributed by atoms with van der Waals surface area (Å²) in [7, 11) is 1.62. The maximum Gasteiger partial charge on any atom is 0.265 e. The number of unbranched alkanes of at least 4 members (excludes halogenated alkanes) is 1. The Hall–Kier alpha value is -2.04. The van der Waals surface area contributed by atoms with Crippen molar-refractivity contribution in [3.05, 3.63) is 29.8 Å². The van der Waals surface area contributed by atoms with Gasteiger partial charge in [-0.2, -0.15) is 0 Å². The van der Waals surface area contributed by atoms with Gasteiger partial charge in [-0.1, -0.05) is 30.6 Å². The number of methoxy groups -OCH3 is 1. The molecule has 0 aliphatic heterocycles. The number of benzene rings is 1. The van der Waals surface area contributed by atoms with E-state index in [0.29, 0.717) is 13.2 Å². The van der Waals surface area contributed by atoms with E-state index in [-0.39, 0.29) is 5.91 Å². The van der Waals surface area contributed by atoms with Crippen LogP contribution in [0.3, 0.4) is 0 Å². The van der Waals surface area contributed by atoms with E-state index in [1.54, 1.807) is 7.11 Å². The van der Waals surface area contributed by atoms with Crippen molar-refractivity contribution in [2.75, 3.05) is 13.7 Å². The fourth-order valence-corrected chi connectivity index (χ4v) is 1.35.